The van der Waals surface area contributed by atoms with Gasteiger partial charge < -0.3 is 0 Å². The molecule has 0 aliphatic carbocycles. The Morgan fingerprint density at radius 3 is 1.23 bits per heavy atom. The molecule has 3 rings (SSSR count). The van der Waals surface area contributed by atoms with Gasteiger partial charge in [0.25, 0.3) is 0 Å². The monoisotopic (exact) mass is 374 g/mol. The van der Waals surface area contributed by atoms with Crippen molar-refractivity contribution < 1.29 is 35.1 Å². The highest BCUT2D eigenvalue weighted by atomic mass is 19.2. The van der Waals surface area contributed by atoms with Gasteiger partial charge in [-0.15, -0.1) is 0 Å². The molecule has 0 aliphatic rings. The Kier molecular flexibility index (Phi) is 4.43. The summed E-state index contributed by atoms with van der Waals surface area (Å²) in [6.07, 6.45) is 0. The molecule has 0 nitrogen and oxygen atoms in total. The number of rotatable bonds is 2. The summed E-state index contributed by atoms with van der Waals surface area (Å²) in [5, 5.41) is 0. The van der Waals surface area contributed by atoms with E-state index in [2.05, 4.69) is 0 Å². The lowest BCUT2D eigenvalue weighted by Crippen LogP contribution is -2.04. The van der Waals surface area contributed by atoms with Gasteiger partial charge in [0.15, 0.2) is 40.7 Å². The maximum Gasteiger partial charge on any atom is 0.200 e. The van der Waals surface area contributed by atoms with Crippen molar-refractivity contribution in [3.63, 3.8) is 0 Å². The fourth-order valence-corrected chi connectivity index (χ4v) is 2.41. The molecule has 0 aromatic heterocycles. The number of halogens is 8. The lowest BCUT2D eigenvalue weighted by Gasteiger charge is -2.10. The molecule has 134 valence electrons. The molecule has 0 bridgehead atoms. The highest BCUT2D eigenvalue weighted by Gasteiger charge is 2.26. The maximum atomic E-state index is 13.8. The average Bonchev–Trinajstić information content (AvgIpc) is 2.63. The van der Waals surface area contributed by atoms with E-state index in [0.29, 0.717) is 12.1 Å². The van der Waals surface area contributed by atoms with Gasteiger partial charge >= 0.3 is 0 Å². The standard InChI is InChI=1S/C18H6F8/c19-10-5-9(6-11(20)13(10)21)7-1-3-8(4-2-7)12-14(22)16(24)18(26)17(25)15(12)23/h1-6H. The first kappa shape index (κ1) is 17.9. The van der Waals surface area contributed by atoms with E-state index >= 15 is 0 Å². The van der Waals surface area contributed by atoms with Gasteiger partial charge in [-0.25, -0.2) is 35.1 Å². The van der Waals surface area contributed by atoms with Crippen molar-refractivity contribution in [1.29, 1.82) is 0 Å². The van der Waals surface area contributed by atoms with E-state index in [9.17, 15) is 35.1 Å². The second-order valence-corrected chi connectivity index (χ2v) is 5.28. The number of benzene rings is 3. The average molecular weight is 374 g/mol. The molecule has 0 saturated heterocycles. The third-order valence-electron chi connectivity index (χ3n) is 3.70. The SMILES string of the molecule is Fc1cc(-c2ccc(-c3c(F)c(F)c(F)c(F)c3F)cc2)cc(F)c1F. The summed E-state index contributed by atoms with van der Waals surface area (Å²) < 4.78 is 107. The first-order valence-electron chi connectivity index (χ1n) is 6.99. The first-order chi connectivity index (χ1) is 12.2. The van der Waals surface area contributed by atoms with Crippen molar-refractivity contribution in [1.82, 2.24) is 0 Å². The molecule has 26 heavy (non-hydrogen) atoms. The zero-order valence-electron chi connectivity index (χ0n) is 12.5. The zero-order valence-corrected chi connectivity index (χ0v) is 12.5. The normalized spacial score (nSPS) is 11.1. The van der Waals surface area contributed by atoms with Crippen molar-refractivity contribution >= 4 is 0 Å². The minimum absolute atomic E-state index is 0.0784. The minimum Gasteiger partial charge on any atom is -0.204 e. The van der Waals surface area contributed by atoms with Crippen LogP contribution in [0.2, 0.25) is 0 Å². The fraction of sp³-hybridized carbons (Fsp3) is 0. The molecular formula is C18H6F8. The van der Waals surface area contributed by atoms with Gasteiger partial charge in [-0.1, -0.05) is 24.3 Å². The fourth-order valence-electron chi connectivity index (χ4n) is 2.41. The van der Waals surface area contributed by atoms with Crippen LogP contribution in [0, 0.1) is 46.5 Å². The van der Waals surface area contributed by atoms with Crippen LogP contribution in [0.3, 0.4) is 0 Å². The van der Waals surface area contributed by atoms with Crippen LogP contribution in [0.15, 0.2) is 36.4 Å². The highest BCUT2D eigenvalue weighted by Crippen LogP contribution is 2.33. The van der Waals surface area contributed by atoms with Gasteiger partial charge in [-0.2, -0.15) is 0 Å². The van der Waals surface area contributed by atoms with E-state index in [1.807, 2.05) is 0 Å². The van der Waals surface area contributed by atoms with Gasteiger partial charge in [0.05, 0.1) is 5.56 Å². The smallest absolute Gasteiger partial charge is 0.200 e. The molecule has 0 atom stereocenters. The molecule has 3 aromatic carbocycles. The van der Waals surface area contributed by atoms with Crippen LogP contribution in [-0.4, -0.2) is 0 Å². The molecule has 3 aromatic rings. The molecule has 0 aliphatic heterocycles. The minimum atomic E-state index is -2.28. The van der Waals surface area contributed by atoms with E-state index in [1.54, 1.807) is 0 Å². The largest absolute Gasteiger partial charge is 0.204 e. The van der Waals surface area contributed by atoms with E-state index in [0.717, 1.165) is 24.3 Å². The van der Waals surface area contributed by atoms with Gasteiger partial charge in [-0.3, -0.25) is 0 Å². The van der Waals surface area contributed by atoms with Crippen LogP contribution >= 0.6 is 0 Å². The lowest BCUT2D eigenvalue weighted by atomic mass is 9.99. The van der Waals surface area contributed by atoms with E-state index < -0.39 is 52.1 Å². The van der Waals surface area contributed by atoms with Crippen molar-refractivity contribution in [2.75, 3.05) is 0 Å². The molecule has 0 heterocycles. The lowest BCUT2D eigenvalue weighted by molar-refractivity contribution is 0.381. The van der Waals surface area contributed by atoms with Crippen LogP contribution in [0.1, 0.15) is 0 Å². The van der Waals surface area contributed by atoms with Crippen molar-refractivity contribution in [2.24, 2.45) is 0 Å². The molecule has 8 heteroatoms. The van der Waals surface area contributed by atoms with Crippen LogP contribution in [0.25, 0.3) is 22.3 Å². The van der Waals surface area contributed by atoms with E-state index in [-0.39, 0.29) is 16.7 Å². The summed E-state index contributed by atoms with van der Waals surface area (Å²) in [6.45, 7) is 0. The number of hydrogen-bond acceptors (Lipinski definition) is 0. The van der Waals surface area contributed by atoms with Gasteiger partial charge in [0.2, 0.25) is 5.82 Å². The molecule has 0 radical (unpaired) electrons. The summed E-state index contributed by atoms with van der Waals surface area (Å²) in [5.41, 5.74) is -1.42. The van der Waals surface area contributed by atoms with E-state index in [4.69, 9.17) is 0 Å². The maximum absolute atomic E-state index is 13.8. The predicted molar refractivity (Wildman–Crippen MR) is 77.0 cm³/mol. The molecular weight excluding hydrogens is 368 g/mol. The summed E-state index contributed by atoms with van der Waals surface area (Å²) in [4.78, 5) is 0. The summed E-state index contributed by atoms with van der Waals surface area (Å²) in [6, 6.07) is 5.69. The Labute approximate surface area is 141 Å². The third-order valence-corrected chi connectivity index (χ3v) is 3.70. The summed E-state index contributed by atoms with van der Waals surface area (Å²) >= 11 is 0. The second-order valence-electron chi connectivity index (χ2n) is 5.28. The Hall–Kier alpha value is -2.90. The number of hydrogen-bond donors (Lipinski definition) is 0. The van der Waals surface area contributed by atoms with E-state index in [1.165, 1.54) is 0 Å². The summed E-state index contributed by atoms with van der Waals surface area (Å²) in [5.74, 6) is -15.0. The zero-order chi connectivity index (χ0) is 19.2. The van der Waals surface area contributed by atoms with Gasteiger partial charge in [0, 0.05) is 0 Å². The Bertz CT molecular complexity index is 957. The Balaban J connectivity index is 2.10. The van der Waals surface area contributed by atoms with Crippen molar-refractivity contribution in [3.05, 3.63) is 82.9 Å². The van der Waals surface area contributed by atoms with Crippen LogP contribution in [0.5, 0.6) is 0 Å². The predicted octanol–water partition coefficient (Wildman–Crippen LogP) is 6.13. The topological polar surface area (TPSA) is 0 Å². The third kappa shape index (κ3) is 2.81. The van der Waals surface area contributed by atoms with Crippen LogP contribution in [-0.2, 0) is 0 Å². The first-order valence-corrected chi connectivity index (χ1v) is 6.99. The van der Waals surface area contributed by atoms with Gasteiger partial charge in [0.1, 0.15) is 0 Å². The van der Waals surface area contributed by atoms with Crippen LogP contribution < -0.4 is 0 Å². The molecule has 0 spiro atoms. The highest BCUT2D eigenvalue weighted by molar-refractivity contribution is 5.71. The Morgan fingerprint density at radius 2 is 0.769 bits per heavy atom. The molecule has 0 N–H and O–H groups in total. The van der Waals surface area contributed by atoms with Crippen molar-refractivity contribution in [3.8, 4) is 22.3 Å². The molecule has 0 unspecified atom stereocenters. The second kappa shape index (κ2) is 6.44. The summed E-state index contributed by atoms with van der Waals surface area (Å²) in [7, 11) is 0. The van der Waals surface area contributed by atoms with Gasteiger partial charge in [-0.05, 0) is 28.8 Å². The quantitative estimate of drug-likeness (QED) is 0.287. The Morgan fingerprint density at radius 1 is 0.385 bits per heavy atom. The van der Waals surface area contributed by atoms with Crippen molar-refractivity contribution in [2.45, 2.75) is 0 Å². The molecule has 0 fully saturated rings. The van der Waals surface area contributed by atoms with Crippen LogP contribution in [0.4, 0.5) is 35.1 Å². The molecule has 0 saturated carbocycles. The molecule has 0 amide bonds.